The van der Waals surface area contributed by atoms with Gasteiger partial charge in [0.25, 0.3) is 5.91 Å². The SMILES string of the molecule is CN1CCC(N(Cc2ccco2)C(=O)c2ncccc2O)CC1. The molecule has 0 aliphatic carbocycles. The van der Waals surface area contributed by atoms with Gasteiger partial charge in [0.15, 0.2) is 5.69 Å². The lowest BCUT2D eigenvalue weighted by atomic mass is 10.0. The maximum Gasteiger partial charge on any atom is 0.276 e. The molecule has 2 aromatic heterocycles. The summed E-state index contributed by atoms with van der Waals surface area (Å²) in [6, 6.07) is 6.88. The second-order valence-corrected chi connectivity index (χ2v) is 5.92. The minimum Gasteiger partial charge on any atom is -0.505 e. The van der Waals surface area contributed by atoms with Crippen molar-refractivity contribution in [2.24, 2.45) is 0 Å². The van der Waals surface area contributed by atoms with Gasteiger partial charge in [-0.05, 0) is 57.2 Å². The van der Waals surface area contributed by atoms with Crippen LogP contribution in [0.3, 0.4) is 0 Å². The van der Waals surface area contributed by atoms with Gasteiger partial charge >= 0.3 is 0 Å². The zero-order valence-electron chi connectivity index (χ0n) is 13.2. The second-order valence-electron chi connectivity index (χ2n) is 5.92. The van der Waals surface area contributed by atoms with Gasteiger partial charge in [0.05, 0.1) is 12.8 Å². The molecule has 1 N–H and O–H groups in total. The molecular weight excluding hydrogens is 294 g/mol. The van der Waals surface area contributed by atoms with Crippen molar-refractivity contribution in [1.29, 1.82) is 0 Å². The third-order valence-corrected chi connectivity index (χ3v) is 4.28. The number of aromatic nitrogens is 1. The molecular formula is C17H21N3O3. The van der Waals surface area contributed by atoms with Crippen molar-refractivity contribution in [3.05, 3.63) is 48.2 Å². The lowest BCUT2D eigenvalue weighted by Gasteiger charge is -2.36. The summed E-state index contributed by atoms with van der Waals surface area (Å²) in [6.07, 6.45) is 4.92. The summed E-state index contributed by atoms with van der Waals surface area (Å²) in [4.78, 5) is 21.0. The first-order chi connectivity index (χ1) is 11.1. The van der Waals surface area contributed by atoms with Crippen molar-refractivity contribution in [3.63, 3.8) is 0 Å². The van der Waals surface area contributed by atoms with Crippen molar-refractivity contribution in [2.45, 2.75) is 25.4 Å². The maximum absolute atomic E-state index is 12.9. The molecule has 0 spiro atoms. The fourth-order valence-electron chi connectivity index (χ4n) is 2.94. The predicted octanol–water partition coefficient (Wildman–Crippen LogP) is 2.12. The van der Waals surface area contributed by atoms with E-state index in [1.165, 1.54) is 12.3 Å². The van der Waals surface area contributed by atoms with Crippen molar-refractivity contribution < 1.29 is 14.3 Å². The number of nitrogens with zero attached hydrogens (tertiary/aromatic N) is 3. The van der Waals surface area contributed by atoms with E-state index in [9.17, 15) is 9.90 Å². The number of piperidine rings is 1. The molecule has 3 heterocycles. The van der Waals surface area contributed by atoms with Gasteiger partial charge in [0, 0.05) is 12.2 Å². The van der Waals surface area contributed by atoms with Gasteiger partial charge in [-0.15, -0.1) is 0 Å². The minimum absolute atomic E-state index is 0.0881. The van der Waals surface area contributed by atoms with Gasteiger partial charge in [-0.1, -0.05) is 0 Å². The van der Waals surface area contributed by atoms with E-state index in [1.807, 2.05) is 12.1 Å². The number of amides is 1. The van der Waals surface area contributed by atoms with Gasteiger partial charge in [-0.3, -0.25) is 4.79 Å². The fourth-order valence-corrected chi connectivity index (χ4v) is 2.94. The number of aromatic hydroxyl groups is 1. The molecule has 0 atom stereocenters. The van der Waals surface area contributed by atoms with E-state index >= 15 is 0 Å². The predicted molar refractivity (Wildman–Crippen MR) is 85.0 cm³/mol. The number of rotatable bonds is 4. The Morgan fingerprint density at radius 2 is 2.17 bits per heavy atom. The van der Waals surface area contributed by atoms with E-state index in [1.54, 1.807) is 17.2 Å². The van der Waals surface area contributed by atoms with Crippen LogP contribution in [-0.2, 0) is 6.54 Å². The fraction of sp³-hybridized carbons (Fsp3) is 0.412. The highest BCUT2D eigenvalue weighted by atomic mass is 16.3. The summed E-state index contributed by atoms with van der Waals surface area (Å²) in [7, 11) is 2.08. The van der Waals surface area contributed by atoms with Gasteiger partial charge in [0.2, 0.25) is 0 Å². The van der Waals surface area contributed by atoms with Crippen LogP contribution >= 0.6 is 0 Å². The highest BCUT2D eigenvalue weighted by Crippen LogP contribution is 2.23. The Balaban J connectivity index is 1.85. The van der Waals surface area contributed by atoms with E-state index in [-0.39, 0.29) is 23.4 Å². The first-order valence-corrected chi connectivity index (χ1v) is 7.81. The third-order valence-electron chi connectivity index (χ3n) is 4.28. The minimum atomic E-state index is -0.256. The first-order valence-electron chi connectivity index (χ1n) is 7.81. The number of pyridine rings is 1. The van der Waals surface area contributed by atoms with Crippen molar-refractivity contribution in [3.8, 4) is 5.75 Å². The van der Waals surface area contributed by atoms with E-state index < -0.39 is 0 Å². The molecule has 0 bridgehead atoms. The Morgan fingerprint density at radius 1 is 1.39 bits per heavy atom. The van der Waals surface area contributed by atoms with Gasteiger partial charge in [-0.2, -0.15) is 0 Å². The van der Waals surface area contributed by atoms with Gasteiger partial charge in [0.1, 0.15) is 11.5 Å². The Kier molecular flexibility index (Phi) is 4.62. The van der Waals surface area contributed by atoms with E-state index in [0.717, 1.165) is 31.7 Å². The molecule has 1 aliphatic rings. The topological polar surface area (TPSA) is 69.8 Å². The van der Waals surface area contributed by atoms with Crippen LogP contribution in [0.15, 0.2) is 41.1 Å². The van der Waals surface area contributed by atoms with Gasteiger partial charge in [-0.25, -0.2) is 4.98 Å². The Labute approximate surface area is 135 Å². The molecule has 0 aromatic carbocycles. The average Bonchev–Trinajstić information content (AvgIpc) is 3.07. The maximum atomic E-state index is 12.9. The summed E-state index contributed by atoms with van der Waals surface area (Å²) in [5.41, 5.74) is 0.0954. The molecule has 122 valence electrons. The molecule has 1 fully saturated rings. The van der Waals surface area contributed by atoms with Crippen LogP contribution in [0.4, 0.5) is 0 Å². The number of hydrogen-bond donors (Lipinski definition) is 1. The number of likely N-dealkylation sites (tertiary alicyclic amines) is 1. The lowest BCUT2D eigenvalue weighted by Crippen LogP contribution is -2.46. The smallest absolute Gasteiger partial charge is 0.276 e. The number of carbonyl (C=O) groups excluding carboxylic acids is 1. The summed E-state index contributed by atoms with van der Waals surface area (Å²) in [5, 5.41) is 9.95. The standard InChI is InChI=1S/C17H21N3O3/c1-19-9-6-13(7-10-19)20(12-14-4-3-11-23-14)17(22)16-15(21)5-2-8-18-16/h2-5,8,11,13,21H,6-7,9-10,12H2,1H3. The number of furan rings is 1. The van der Waals surface area contributed by atoms with Crippen LogP contribution in [0.5, 0.6) is 5.75 Å². The highest BCUT2D eigenvalue weighted by Gasteiger charge is 2.30. The molecule has 2 aromatic rings. The first kappa shape index (κ1) is 15.6. The molecule has 23 heavy (non-hydrogen) atoms. The van der Waals surface area contributed by atoms with E-state index in [0.29, 0.717) is 6.54 Å². The quantitative estimate of drug-likeness (QED) is 0.936. The molecule has 0 radical (unpaired) electrons. The number of carbonyl (C=O) groups is 1. The summed E-state index contributed by atoms with van der Waals surface area (Å²) >= 11 is 0. The van der Waals surface area contributed by atoms with E-state index in [4.69, 9.17) is 4.42 Å². The molecule has 3 rings (SSSR count). The van der Waals surface area contributed by atoms with Crippen LogP contribution in [0.1, 0.15) is 29.1 Å². The van der Waals surface area contributed by atoms with Crippen LogP contribution < -0.4 is 0 Å². The third kappa shape index (κ3) is 3.53. The average molecular weight is 315 g/mol. The zero-order chi connectivity index (χ0) is 16.2. The molecule has 1 aliphatic heterocycles. The van der Waals surface area contributed by atoms with Crippen molar-refractivity contribution in [1.82, 2.24) is 14.8 Å². The van der Waals surface area contributed by atoms with Crippen LogP contribution in [0.2, 0.25) is 0 Å². The highest BCUT2D eigenvalue weighted by molar-refractivity contribution is 5.95. The summed E-state index contributed by atoms with van der Waals surface area (Å²) in [5.74, 6) is 0.386. The molecule has 0 saturated carbocycles. The van der Waals surface area contributed by atoms with E-state index in [2.05, 4.69) is 16.9 Å². The van der Waals surface area contributed by atoms with Gasteiger partial charge < -0.3 is 19.3 Å². The Morgan fingerprint density at radius 3 is 2.83 bits per heavy atom. The van der Waals surface area contributed by atoms with Crippen LogP contribution in [0.25, 0.3) is 0 Å². The summed E-state index contributed by atoms with van der Waals surface area (Å²) < 4.78 is 5.40. The molecule has 1 amide bonds. The number of hydrogen-bond acceptors (Lipinski definition) is 5. The largest absolute Gasteiger partial charge is 0.505 e. The Bertz CT molecular complexity index is 649. The molecule has 0 unspecified atom stereocenters. The molecule has 6 heteroatoms. The summed E-state index contributed by atoms with van der Waals surface area (Å²) in [6.45, 7) is 2.28. The van der Waals surface area contributed by atoms with Crippen LogP contribution in [0, 0.1) is 0 Å². The normalized spacial score (nSPS) is 16.4. The monoisotopic (exact) mass is 315 g/mol. The van der Waals surface area contributed by atoms with Crippen molar-refractivity contribution >= 4 is 5.91 Å². The van der Waals surface area contributed by atoms with Crippen molar-refractivity contribution in [2.75, 3.05) is 20.1 Å². The zero-order valence-corrected chi connectivity index (χ0v) is 13.2. The second kappa shape index (κ2) is 6.83. The van der Waals surface area contributed by atoms with Crippen LogP contribution in [-0.4, -0.2) is 52.0 Å². The lowest BCUT2D eigenvalue weighted by molar-refractivity contribution is 0.0541. The molecule has 1 saturated heterocycles. The molecule has 6 nitrogen and oxygen atoms in total. The Hall–Kier alpha value is -2.34.